The molecule has 1 heterocycles. The molecule has 2 aromatic rings. The summed E-state index contributed by atoms with van der Waals surface area (Å²) in [5.74, 6) is -2.28. The highest BCUT2D eigenvalue weighted by Crippen LogP contribution is 2.47. The molecular formula is C32H40N2O6. The number of nitrogens with one attached hydrogen (secondary N) is 1. The number of carboxylic acids is 1. The minimum absolute atomic E-state index is 0.217. The topological polar surface area (TPSA) is 113 Å². The molecule has 1 saturated carbocycles. The van der Waals surface area contributed by atoms with Crippen LogP contribution >= 0.6 is 0 Å². The van der Waals surface area contributed by atoms with Crippen molar-refractivity contribution < 1.29 is 29.0 Å². The molecule has 0 spiro atoms. The van der Waals surface area contributed by atoms with Crippen LogP contribution in [0.25, 0.3) is 0 Å². The number of rotatable bonds is 12. The molecule has 0 aromatic heterocycles. The lowest BCUT2D eigenvalue weighted by molar-refractivity contribution is -0.150. The van der Waals surface area contributed by atoms with Crippen molar-refractivity contribution in [1.29, 1.82) is 0 Å². The second-order valence-electron chi connectivity index (χ2n) is 11.2. The third-order valence-electron chi connectivity index (χ3n) is 8.30. The smallest absolute Gasteiger partial charge is 0.323 e. The van der Waals surface area contributed by atoms with Gasteiger partial charge in [0, 0.05) is 12.1 Å². The Bertz CT molecular complexity index is 1190. The van der Waals surface area contributed by atoms with Crippen LogP contribution in [0.5, 0.6) is 0 Å². The number of amides is 2. The first-order valence-corrected chi connectivity index (χ1v) is 14.4. The molecule has 0 bridgehead atoms. The first kappa shape index (κ1) is 29.3. The van der Waals surface area contributed by atoms with Crippen LogP contribution in [0.1, 0.15) is 69.4 Å². The summed E-state index contributed by atoms with van der Waals surface area (Å²) < 4.78 is 5.44. The van der Waals surface area contributed by atoms with E-state index in [1.165, 1.54) is 4.90 Å². The van der Waals surface area contributed by atoms with E-state index in [4.69, 9.17) is 4.74 Å². The first-order chi connectivity index (χ1) is 19.3. The summed E-state index contributed by atoms with van der Waals surface area (Å²) in [5.41, 5.74) is 2.29. The minimum atomic E-state index is -1.11. The molecule has 2 aromatic carbocycles. The summed E-state index contributed by atoms with van der Waals surface area (Å²) in [7, 11) is 0. The van der Waals surface area contributed by atoms with Crippen LogP contribution in [0.2, 0.25) is 0 Å². The van der Waals surface area contributed by atoms with Gasteiger partial charge >= 0.3 is 11.9 Å². The Hall–Kier alpha value is -3.68. The predicted molar refractivity (Wildman–Crippen MR) is 152 cm³/mol. The minimum Gasteiger partial charge on any atom is -0.480 e. The van der Waals surface area contributed by atoms with Crippen LogP contribution < -0.4 is 10.2 Å². The molecule has 2 amide bonds. The fourth-order valence-electron chi connectivity index (χ4n) is 6.38. The van der Waals surface area contributed by atoms with Gasteiger partial charge in [-0.2, -0.15) is 0 Å². The number of aryl methyl sites for hydroxylation is 2. The highest BCUT2D eigenvalue weighted by molar-refractivity contribution is 6.03. The van der Waals surface area contributed by atoms with E-state index < -0.39 is 24.5 Å². The molecule has 1 fully saturated rings. The van der Waals surface area contributed by atoms with Gasteiger partial charge < -0.3 is 15.2 Å². The normalized spacial score (nSPS) is 18.9. The SMILES string of the molecule is CCOC(=O)C(CCc1ccccc1)CC1(CC(=O)NC2CCc3ccccc3N(CC(=O)O)C2=O)CCCC1. The molecule has 8 nitrogen and oxygen atoms in total. The highest BCUT2D eigenvalue weighted by Gasteiger charge is 2.41. The molecule has 4 rings (SSSR count). The molecule has 214 valence electrons. The monoisotopic (exact) mass is 548 g/mol. The van der Waals surface area contributed by atoms with E-state index in [0.717, 1.165) is 43.2 Å². The van der Waals surface area contributed by atoms with Gasteiger partial charge in [0.05, 0.1) is 12.5 Å². The first-order valence-electron chi connectivity index (χ1n) is 14.4. The van der Waals surface area contributed by atoms with Crippen molar-refractivity contribution in [2.75, 3.05) is 18.1 Å². The van der Waals surface area contributed by atoms with Gasteiger partial charge in [-0.3, -0.25) is 24.1 Å². The van der Waals surface area contributed by atoms with Crippen LogP contribution in [0.4, 0.5) is 5.69 Å². The van der Waals surface area contributed by atoms with Crippen LogP contribution in [-0.2, 0) is 36.8 Å². The number of anilines is 1. The molecule has 0 saturated heterocycles. The molecular weight excluding hydrogens is 508 g/mol. The standard InChI is InChI=1S/C32H40N2O6/c1-2-40-31(39)25(15-14-23-10-4-3-5-11-23)20-32(18-8-9-19-32)21-28(35)33-26-17-16-24-12-6-7-13-27(24)34(30(26)38)22-29(36)37/h3-7,10-13,25-26H,2,8-9,14-22H2,1H3,(H,33,35)(H,36,37). The van der Waals surface area contributed by atoms with E-state index >= 15 is 0 Å². The van der Waals surface area contributed by atoms with E-state index in [1.54, 1.807) is 19.1 Å². The summed E-state index contributed by atoms with van der Waals surface area (Å²) in [5, 5.41) is 12.4. The van der Waals surface area contributed by atoms with E-state index in [2.05, 4.69) is 17.4 Å². The summed E-state index contributed by atoms with van der Waals surface area (Å²) in [6.07, 6.45) is 6.82. The van der Waals surface area contributed by atoms with Gasteiger partial charge in [-0.1, -0.05) is 61.4 Å². The number of hydrogen-bond acceptors (Lipinski definition) is 5. The zero-order valence-corrected chi connectivity index (χ0v) is 23.3. The quantitative estimate of drug-likeness (QED) is 0.372. The van der Waals surface area contributed by atoms with Crippen molar-refractivity contribution in [2.45, 2.75) is 77.2 Å². The fourth-order valence-corrected chi connectivity index (χ4v) is 6.38. The zero-order valence-electron chi connectivity index (χ0n) is 23.3. The van der Waals surface area contributed by atoms with E-state index in [-0.39, 0.29) is 29.6 Å². The molecule has 0 radical (unpaired) electrons. The van der Waals surface area contributed by atoms with E-state index in [1.807, 2.05) is 30.3 Å². The van der Waals surface area contributed by atoms with E-state index in [0.29, 0.717) is 38.0 Å². The molecule has 1 aliphatic heterocycles. The third kappa shape index (κ3) is 7.49. The maximum absolute atomic E-state index is 13.5. The summed E-state index contributed by atoms with van der Waals surface area (Å²) >= 11 is 0. The second-order valence-corrected chi connectivity index (χ2v) is 11.2. The Morgan fingerprint density at radius 1 is 1.07 bits per heavy atom. The second kappa shape index (κ2) is 13.6. The van der Waals surface area contributed by atoms with Gasteiger partial charge in [0.1, 0.15) is 12.6 Å². The lowest BCUT2D eigenvalue weighted by Crippen LogP contribution is -2.50. The third-order valence-corrected chi connectivity index (χ3v) is 8.30. The lowest BCUT2D eigenvalue weighted by Gasteiger charge is -2.33. The summed E-state index contributed by atoms with van der Waals surface area (Å²) in [6.45, 7) is 1.66. The molecule has 2 N–H and O–H groups in total. The largest absolute Gasteiger partial charge is 0.480 e. The van der Waals surface area contributed by atoms with Crippen molar-refractivity contribution in [1.82, 2.24) is 5.32 Å². The van der Waals surface area contributed by atoms with Crippen LogP contribution in [0.15, 0.2) is 54.6 Å². The molecule has 2 atom stereocenters. The Kier molecular flexibility index (Phi) is 9.96. The van der Waals surface area contributed by atoms with Crippen molar-refractivity contribution in [3.63, 3.8) is 0 Å². The Morgan fingerprint density at radius 3 is 2.48 bits per heavy atom. The Balaban J connectivity index is 1.46. The molecule has 8 heteroatoms. The number of benzene rings is 2. The maximum atomic E-state index is 13.5. The predicted octanol–water partition coefficient (Wildman–Crippen LogP) is 4.69. The molecule has 2 unspecified atom stereocenters. The van der Waals surface area contributed by atoms with Crippen molar-refractivity contribution in [2.24, 2.45) is 11.3 Å². The van der Waals surface area contributed by atoms with Gasteiger partial charge in [0.25, 0.3) is 0 Å². The summed E-state index contributed by atoms with van der Waals surface area (Å²) in [4.78, 5) is 52.7. The van der Waals surface area contributed by atoms with Crippen LogP contribution in [0.3, 0.4) is 0 Å². The van der Waals surface area contributed by atoms with Crippen molar-refractivity contribution in [3.05, 3.63) is 65.7 Å². The molecule has 2 aliphatic rings. The average Bonchev–Trinajstić information content (AvgIpc) is 3.35. The fraction of sp³-hybridized carbons (Fsp3) is 0.500. The van der Waals surface area contributed by atoms with Crippen molar-refractivity contribution >= 4 is 29.4 Å². The number of nitrogens with zero attached hydrogens (tertiary/aromatic N) is 1. The number of hydrogen-bond donors (Lipinski definition) is 2. The number of carbonyl (C=O) groups is 4. The lowest BCUT2D eigenvalue weighted by atomic mass is 9.73. The number of fused-ring (bicyclic) bond motifs is 1. The van der Waals surface area contributed by atoms with Gasteiger partial charge in [-0.05, 0) is 74.5 Å². The van der Waals surface area contributed by atoms with Crippen molar-refractivity contribution in [3.8, 4) is 0 Å². The Labute approximate surface area is 236 Å². The zero-order chi connectivity index (χ0) is 28.5. The van der Waals surface area contributed by atoms with Gasteiger partial charge in [-0.15, -0.1) is 0 Å². The van der Waals surface area contributed by atoms with Gasteiger partial charge in [0.15, 0.2) is 0 Å². The summed E-state index contributed by atoms with van der Waals surface area (Å²) in [6, 6.07) is 16.5. The van der Waals surface area contributed by atoms with Gasteiger partial charge in [0.2, 0.25) is 11.8 Å². The number of carboxylic acid groups (broad SMARTS) is 1. The maximum Gasteiger partial charge on any atom is 0.323 e. The van der Waals surface area contributed by atoms with Gasteiger partial charge in [-0.25, -0.2) is 0 Å². The highest BCUT2D eigenvalue weighted by atomic mass is 16.5. The molecule has 40 heavy (non-hydrogen) atoms. The number of carbonyl (C=O) groups excluding carboxylic acids is 3. The van der Waals surface area contributed by atoms with Crippen LogP contribution in [-0.4, -0.2) is 48.1 Å². The number of ether oxygens (including phenoxy) is 1. The van der Waals surface area contributed by atoms with Crippen LogP contribution in [0, 0.1) is 11.3 Å². The average molecular weight is 549 g/mol. The number of esters is 1. The number of aliphatic carboxylic acids is 1. The number of para-hydroxylation sites is 1. The molecule has 1 aliphatic carbocycles. The Morgan fingerprint density at radius 2 is 1.77 bits per heavy atom. The van der Waals surface area contributed by atoms with E-state index in [9.17, 15) is 24.3 Å².